The number of allylic oxidation sites excluding steroid dienone is 2. The molecule has 0 aromatic heterocycles. The second-order valence-corrected chi connectivity index (χ2v) is 4.67. The number of aliphatic hydroxyl groups excluding tert-OH is 2. The molecule has 0 saturated heterocycles. The minimum Gasteiger partial charge on any atom is -0.396 e. The van der Waals surface area contributed by atoms with Crippen molar-refractivity contribution < 1.29 is 15.0 Å². The Morgan fingerprint density at radius 3 is 2.57 bits per heavy atom. The van der Waals surface area contributed by atoms with Crippen LogP contribution >= 0.6 is 0 Å². The first kappa shape index (κ1) is 9.87. The molecule has 3 nitrogen and oxygen atoms in total. The summed E-state index contributed by atoms with van der Waals surface area (Å²) in [4.78, 5) is 11.4. The molecule has 78 valence electrons. The number of hydrogen-bond acceptors (Lipinski definition) is 3. The van der Waals surface area contributed by atoms with Crippen LogP contribution in [0.25, 0.3) is 0 Å². The van der Waals surface area contributed by atoms with Gasteiger partial charge >= 0.3 is 0 Å². The van der Waals surface area contributed by atoms with E-state index in [9.17, 15) is 15.0 Å². The van der Waals surface area contributed by atoms with Crippen molar-refractivity contribution in [2.45, 2.75) is 26.2 Å². The molecule has 0 bridgehead atoms. The Kier molecular flexibility index (Phi) is 2.24. The summed E-state index contributed by atoms with van der Waals surface area (Å²) in [5.74, 6) is 0.538. The molecule has 2 aliphatic rings. The first-order valence-corrected chi connectivity index (χ1v) is 5.06. The van der Waals surface area contributed by atoms with Crippen molar-refractivity contribution in [3.63, 3.8) is 0 Å². The van der Waals surface area contributed by atoms with Crippen LogP contribution in [0.15, 0.2) is 11.1 Å². The quantitative estimate of drug-likeness (QED) is 0.682. The maximum atomic E-state index is 11.4. The highest BCUT2D eigenvalue weighted by molar-refractivity contribution is 5.98. The lowest BCUT2D eigenvalue weighted by molar-refractivity contribution is -0.115. The molecule has 2 rings (SSSR count). The van der Waals surface area contributed by atoms with Crippen molar-refractivity contribution in [2.24, 2.45) is 11.3 Å². The van der Waals surface area contributed by atoms with Crippen LogP contribution < -0.4 is 0 Å². The van der Waals surface area contributed by atoms with Gasteiger partial charge in [0.1, 0.15) is 0 Å². The Morgan fingerprint density at radius 1 is 1.43 bits per heavy atom. The first-order valence-electron chi connectivity index (χ1n) is 5.06. The van der Waals surface area contributed by atoms with Gasteiger partial charge in [-0.1, -0.05) is 5.57 Å². The van der Waals surface area contributed by atoms with E-state index in [1.54, 1.807) is 0 Å². The van der Waals surface area contributed by atoms with Crippen LogP contribution in [-0.4, -0.2) is 29.2 Å². The maximum absolute atomic E-state index is 11.4. The van der Waals surface area contributed by atoms with Crippen molar-refractivity contribution in [3.05, 3.63) is 11.1 Å². The molecule has 0 aromatic carbocycles. The molecule has 2 aliphatic carbocycles. The molecule has 1 atom stereocenters. The van der Waals surface area contributed by atoms with Gasteiger partial charge in [-0.05, 0) is 31.3 Å². The summed E-state index contributed by atoms with van der Waals surface area (Å²) in [5, 5.41) is 18.5. The van der Waals surface area contributed by atoms with E-state index in [0.717, 1.165) is 12.0 Å². The number of Topliss-reactive ketones (excluding diaryl/α,β-unsaturated/α-hetero) is 1. The molecule has 0 spiro atoms. The van der Waals surface area contributed by atoms with Crippen molar-refractivity contribution in [3.8, 4) is 0 Å². The van der Waals surface area contributed by atoms with Crippen LogP contribution in [0.3, 0.4) is 0 Å². The van der Waals surface area contributed by atoms with Gasteiger partial charge in [0.25, 0.3) is 0 Å². The monoisotopic (exact) mass is 196 g/mol. The van der Waals surface area contributed by atoms with Crippen molar-refractivity contribution in [2.75, 3.05) is 13.2 Å². The molecule has 0 aliphatic heterocycles. The summed E-state index contributed by atoms with van der Waals surface area (Å²) >= 11 is 0. The average Bonchev–Trinajstić information content (AvgIpc) is 2.66. The van der Waals surface area contributed by atoms with Crippen LogP contribution in [-0.2, 0) is 4.79 Å². The molecule has 3 heteroatoms. The summed E-state index contributed by atoms with van der Waals surface area (Å²) in [6.07, 6.45) is 2.05. The van der Waals surface area contributed by atoms with Crippen LogP contribution in [0.4, 0.5) is 0 Å². The standard InChI is InChI=1S/C11H16O3/c1-7-9-4-11(5-12,6-13)3-8(9)2-10(7)14/h8,12-13H,2-6H2,1H3. The highest BCUT2D eigenvalue weighted by Gasteiger charge is 2.46. The smallest absolute Gasteiger partial charge is 0.159 e. The van der Waals surface area contributed by atoms with Gasteiger partial charge < -0.3 is 10.2 Å². The molecule has 0 aromatic rings. The molecule has 0 heterocycles. The third kappa shape index (κ3) is 1.23. The number of hydrogen-bond donors (Lipinski definition) is 2. The maximum Gasteiger partial charge on any atom is 0.159 e. The normalized spacial score (nSPS) is 29.9. The van der Waals surface area contributed by atoms with E-state index in [2.05, 4.69) is 0 Å². The van der Waals surface area contributed by atoms with Gasteiger partial charge in [0.15, 0.2) is 5.78 Å². The fraction of sp³-hybridized carbons (Fsp3) is 0.727. The van der Waals surface area contributed by atoms with E-state index in [1.807, 2.05) is 6.92 Å². The molecule has 14 heavy (non-hydrogen) atoms. The van der Waals surface area contributed by atoms with E-state index in [-0.39, 0.29) is 24.4 Å². The van der Waals surface area contributed by atoms with Gasteiger partial charge in [-0.25, -0.2) is 0 Å². The summed E-state index contributed by atoms with van der Waals surface area (Å²) in [5.41, 5.74) is 1.69. The summed E-state index contributed by atoms with van der Waals surface area (Å²) in [7, 11) is 0. The topological polar surface area (TPSA) is 57.5 Å². The summed E-state index contributed by atoms with van der Waals surface area (Å²) in [6, 6.07) is 0. The Bertz CT molecular complexity index is 300. The van der Waals surface area contributed by atoms with Crippen molar-refractivity contribution in [1.29, 1.82) is 0 Å². The van der Waals surface area contributed by atoms with E-state index in [4.69, 9.17) is 0 Å². The van der Waals surface area contributed by atoms with Crippen LogP contribution in [0.2, 0.25) is 0 Å². The lowest BCUT2D eigenvalue weighted by Gasteiger charge is -2.23. The molecule has 1 fully saturated rings. The van der Waals surface area contributed by atoms with Crippen LogP contribution in [0, 0.1) is 11.3 Å². The Labute approximate surface area is 83.4 Å². The first-order chi connectivity index (χ1) is 6.62. The number of ketones is 1. The molecule has 2 N–H and O–H groups in total. The number of rotatable bonds is 2. The number of fused-ring (bicyclic) bond motifs is 1. The van der Waals surface area contributed by atoms with E-state index in [1.165, 1.54) is 5.57 Å². The molecule has 0 radical (unpaired) electrons. The number of aliphatic hydroxyl groups is 2. The van der Waals surface area contributed by atoms with E-state index in [0.29, 0.717) is 18.8 Å². The lowest BCUT2D eigenvalue weighted by atomic mass is 9.86. The SMILES string of the molecule is CC1=C2CC(CO)(CO)CC2CC1=O. The van der Waals surface area contributed by atoms with Crippen LogP contribution in [0.1, 0.15) is 26.2 Å². The molecular formula is C11H16O3. The van der Waals surface area contributed by atoms with E-state index >= 15 is 0 Å². The third-order valence-electron chi connectivity index (χ3n) is 3.74. The average molecular weight is 196 g/mol. The van der Waals surface area contributed by atoms with Crippen LogP contribution in [0.5, 0.6) is 0 Å². The minimum absolute atomic E-state index is 0.0188. The second-order valence-electron chi connectivity index (χ2n) is 4.67. The lowest BCUT2D eigenvalue weighted by Crippen LogP contribution is -2.27. The van der Waals surface area contributed by atoms with Gasteiger partial charge in [0.2, 0.25) is 0 Å². The fourth-order valence-electron chi connectivity index (χ4n) is 2.75. The van der Waals surface area contributed by atoms with Gasteiger partial charge in [-0.2, -0.15) is 0 Å². The van der Waals surface area contributed by atoms with Gasteiger partial charge in [0.05, 0.1) is 13.2 Å². The molecule has 1 saturated carbocycles. The van der Waals surface area contributed by atoms with Crippen molar-refractivity contribution in [1.82, 2.24) is 0 Å². The van der Waals surface area contributed by atoms with Crippen molar-refractivity contribution >= 4 is 5.78 Å². The Balaban J connectivity index is 2.27. The molecule has 1 unspecified atom stereocenters. The van der Waals surface area contributed by atoms with Gasteiger partial charge in [-0.3, -0.25) is 4.79 Å². The molecule has 0 amide bonds. The van der Waals surface area contributed by atoms with Gasteiger partial charge in [0, 0.05) is 11.8 Å². The summed E-state index contributed by atoms with van der Waals surface area (Å²) in [6.45, 7) is 1.90. The Morgan fingerprint density at radius 2 is 2.07 bits per heavy atom. The highest BCUT2D eigenvalue weighted by atomic mass is 16.3. The zero-order valence-electron chi connectivity index (χ0n) is 8.42. The highest BCUT2D eigenvalue weighted by Crippen LogP contribution is 2.50. The fourth-order valence-corrected chi connectivity index (χ4v) is 2.75. The predicted molar refractivity (Wildman–Crippen MR) is 51.7 cm³/mol. The van der Waals surface area contributed by atoms with E-state index < -0.39 is 0 Å². The zero-order valence-corrected chi connectivity index (χ0v) is 8.42. The number of carbonyl (C=O) groups is 1. The largest absolute Gasteiger partial charge is 0.396 e. The molecular weight excluding hydrogens is 180 g/mol. The number of carbonyl (C=O) groups excluding carboxylic acids is 1. The second kappa shape index (κ2) is 3.17. The third-order valence-corrected chi connectivity index (χ3v) is 3.74. The Hall–Kier alpha value is -0.670. The minimum atomic E-state index is -0.359. The zero-order chi connectivity index (χ0) is 10.3. The summed E-state index contributed by atoms with van der Waals surface area (Å²) < 4.78 is 0. The van der Waals surface area contributed by atoms with Gasteiger partial charge in [-0.15, -0.1) is 0 Å². The predicted octanol–water partition coefficient (Wildman–Crippen LogP) is 0.657.